The molecule has 2 aliphatic carbocycles. The predicted octanol–water partition coefficient (Wildman–Crippen LogP) is 2.71. The molecule has 0 radical (unpaired) electrons. The molecule has 0 aliphatic heterocycles. The fraction of sp³-hybridized carbons (Fsp3) is 0.611. The van der Waals surface area contributed by atoms with Crippen molar-refractivity contribution in [1.29, 1.82) is 0 Å². The van der Waals surface area contributed by atoms with E-state index in [4.69, 9.17) is 4.74 Å². The monoisotopic (exact) mass is 366 g/mol. The minimum Gasteiger partial charge on any atom is -0.495 e. The summed E-state index contributed by atoms with van der Waals surface area (Å²) in [5.41, 5.74) is 0.401. The topological polar surface area (TPSA) is 75.7 Å². The molecule has 6 nitrogen and oxygen atoms in total. The van der Waals surface area contributed by atoms with Gasteiger partial charge in [0.15, 0.2) is 0 Å². The number of anilines is 1. The molecule has 0 heterocycles. The van der Waals surface area contributed by atoms with Crippen LogP contribution in [0.5, 0.6) is 5.75 Å². The lowest BCUT2D eigenvalue weighted by Crippen LogP contribution is -2.23. The van der Waals surface area contributed by atoms with Crippen LogP contribution in [0.4, 0.5) is 5.69 Å². The van der Waals surface area contributed by atoms with Crippen LogP contribution in [0.15, 0.2) is 23.1 Å². The summed E-state index contributed by atoms with van der Waals surface area (Å²) in [5.74, 6) is 2.32. The number of rotatable bonds is 6. The number of fused-ring (bicyclic) bond motifs is 2. The van der Waals surface area contributed by atoms with E-state index < -0.39 is 10.0 Å². The molecule has 3 rings (SSSR count). The molecular formula is C18H26N2O4S. The third kappa shape index (κ3) is 3.67. The summed E-state index contributed by atoms with van der Waals surface area (Å²) in [7, 11) is 0.896. The summed E-state index contributed by atoms with van der Waals surface area (Å²) in [6, 6.07) is 4.52. The molecule has 1 N–H and O–H groups in total. The lowest BCUT2D eigenvalue weighted by molar-refractivity contribution is -0.117. The second-order valence-electron chi connectivity index (χ2n) is 7.34. The maximum atomic E-state index is 12.5. The SMILES string of the molecule is COc1ccc(S(=O)(=O)N(C)C)cc1NC(=O)C[C@H]1C[C@H]2CC[C@@H]1C2. The highest BCUT2D eigenvalue weighted by atomic mass is 32.2. The minimum absolute atomic E-state index is 0.0738. The Balaban J connectivity index is 1.75. The Hall–Kier alpha value is -1.60. The standard InChI is InChI=1S/C18H26N2O4S/c1-20(2)25(22,23)15-6-7-17(24-3)16(11-15)19-18(21)10-14-9-12-4-5-13(14)8-12/h6-7,11-14H,4-5,8-10H2,1-3H3,(H,19,21)/t12-,13+,14+/m0/s1. The first-order chi connectivity index (χ1) is 11.8. The van der Waals surface area contributed by atoms with Crippen LogP contribution in [0, 0.1) is 17.8 Å². The molecule has 1 aromatic rings. The number of amides is 1. The lowest BCUT2D eigenvalue weighted by Gasteiger charge is -2.21. The Morgan fingerprint density at radius 2 is 2.04 bits per heavy atom. The third-order valence-electron chi connectivity index (χ3n) is 5.56. The van der Waals surface area contributed by atoms with Crippen LogP contribution in [-0.2, 0) is 14.8 Å². The van der Waals surface area contributed by atoms with Crippen LogP contribution in [-0.4, -0.2) is 39.8 Å². The van der Waals surface area contributed by atoms with Gasteiger partial charge in [0.1, 0.15) is 5.75 Å². The van der Waals surface area contributed by atoms with Gasteiger partial charge in [0.2, 0.25) is 15.9 Å². The van der Waals surface area contributed by atoms with Crippen molar-refractivity contribution in [2.24, 2.45) is 17.8 Å². The van der Waals surface area contributed by atoms with Crippen LogP contribution >= 0.6 is 0 Å². The average molecular weight is 366 g/mol. The number of hydrogen-bond donors (Lipinski definition) is 1. The number of carbonyl (C=O) groups excluding carboxylic acids is 1. The van der Waals surface area contributed by atoms with Gasteiger partial charge in [-0.3, -0.25) is 4.79 Å². The van der Waals surface area contributed by atoms with Gasteiger partial charge in [0, 0.05) is 20.5 Å². The summed E-state index contributed by atoms with van der Waals surface area (Å²) in [6.07, 6.45) is 5.45. The number of carbonyl (C=O) groups is 1. The Labute approximate surface area is 149 Å². The molecule has 0 aromatic heterocycles. The molecule has 0 saturated heterocycles. The van der Waals surface area contributed by atoms with E-state index in [0.717, 1.165) is 16.6 Å². The van der Waals surface area contributed by atoms with Gasteiger partial charge < -0.3 is 10.1 Å². The van der Waals surface area contributed by atoms with E-state index in [1.54, 1.807) is 6.07 Å². The first kappa shape index (κ1) is 18.2. The summed E-state index contributed by atoms with van der Waals surface area (Å²) in [4.78, 5) is 12.6. The zero-order chi connectivity index (χ0) is 18.2. The van der Waals surface area contributed by atoms with E-state index in [2.05, 4.69) is 5.32 Å². The number of hydrogen-bond acceptors (Lipinski definition) is 4. The third-order valence-corrected chi connectivity index (χ3v) is 7.37. The first-order valence-corrected chi connectivity index (χ1v) is 10.2. The summed E-state index contributed by atoms with van der Waals surface area (Å²) in [5, 5.41) is 2.85. The van der Waals surface area contributed by atoms with Gasteiger partial charge in [-0.15, -0.1) is 0 Å². The predicted molar refractivity (Wildman–Crippen MR) is 96.1 cm³/mol. The number of sulfonamides is 1. The van der Waals surface area contributed by atoms with Gasteiger partial charge in [0.25, 0.3) is 0 Å². The molecule has 138 valence electrons. The molecule has 25 heavy (non-hydrogen) atoms. The largest absolute Gasteiger partial charge is 0.495 e. The molecule has 1 amide bonds. The van der Waals surface area contributed by atoms with Crippen LogP contribution in [0.1, 0.15) is 32.1 Å². The molecule has 2 fully saturated rings. The van der Waals surface area contributed by atoms with Crippen molar-refractivity contribution >= 4 is 21.6 Å². The highest BCUT2D eigenvalue weighted by Gasteiger charge is 2.40. The normalized spacial score (nSPS) is 25.4. The number of nitrogens with zero attached hydrogens (tertiary/aromatic N) is 1. The average Bonchev–Trinajstić information content (AvgIpc) is 3.17. The van der Waals surface area contributed by atoms with Crippen molar-refractivity contribution in [2.75, 3.05) is 26.5 Å². The van der Waals surface area contributed by atoms with Gasteiger partial charge in [-0.1, -0.05) is 6.42 Å². The van der Waals surface area contributed by atoms with Gasteiger partial charge in [-0.25, -0.2) is 12.7 Å². The Morgan fingerprint density at radius 3 is 2.60 bits per heavy atom. The van der Waals surface area contributed by atoms with E-state index in [9.17, 15) is 13.2 Å². The Kier molecular flexibility index (Phi) is 5.06. The van der Waals surface area contributed by atoms with E-state index >= 15 is 0 Å². The van der Waals surface area contributed by atoms with Crippen LogP contribution in [0.25, 0.3) is 0 Å². The van der Waals surface area contributed by atoms with Gasteiger partial charge in [0.05, 0.1) is 17.7 Å². The number of nitrogens with one attached hydrogen (secondary N) is 1. The fourth-order valence-corrected chi connectivity index (χ4v) is 5.15. The van der Waals surface area contributed by atoms with Crippen molar-refractivity contribution in [3.63, 3.8) is 0 Å². The molecule has 0 spiro atoms. The Morgan fingerprint density at radius 1 is 1.28 bits per heavy atom. The van der Waals surface area contributed by atoms with Crippen molar-refractivity contribution in [1.82, 2.24) is 4.31 Å². The van der Waals surface area contributed by atoms with Crippen molar-refractivity contribution in [2.45, 2.75) is 37.0 Å². The number of methoxy groups -OCH3 is 1. The number of benzene rings is 1. The smallest absolute Gasteiger partial charge is 0.242 e. The highest BCUT2D eigenvalue weighted by molar-refractivity contribution is 7.89. The van der Waals surface area contributed by atoms with Gasteiger partial charge in [-0.05, 0) is 55.2 Å². The molecule has 2 bridgehead atoms. The second-order valence-corrected chi connectivity index (χ2v) is 9.49. The number of ether oxygens (including phenoxy) is 1. The van der Waals surface area contributed by atoms with Crippen molar-refractivity contribution < 1.29 is 17.9 Å². The molecule has 2 saturated carbocycles. The summed E-state index contributed by atoms with van der Waals surface area (Å²) < 4.78 is 31.0. The fourth-order valence-electron chi connectivity index (χ4n) is 4.22. The van der Waals surface area contributed by atoms with Crippen LogP contribution in [0.2, 0.25) is 0 Å². The van der Waals surface area contributed by atoms with Crippen LogP contribution in [0.3, 0.4) is 0 Å². The maximum Gasteiger partial charge on any atom is 0.242 e. The summed E-state index contributed by atoms with van der Waals surface area (Å²) in [6.45, 7) is 0. The zero-order valence-corrected chi connectivity index (χ0v) is 15.8. The zero-order valence-electron chi connectivity index (χ0n) is 15.0. The molecule has 0 unspecified atom stereocenters. The first-order valence-electron chi connectivity index (χ1n) is 8.71. The molecule has 7 heteroatoms. The van der Waals surface area contributed by atoms with Crippen LogP contribution < -0.4 is 10.1 Å². The van der Waals surface area contributed by atoms with E-state index in [0.29, 0.717) is 29.7 Å². The summed E-state index contributed by atoms with van der Waals surface area (Å²) >= 11 is 0. The molecule has 2 aliphatic rings. The maximum absolute atomic E-state index is 12.5. The van der Waals surface area contributed by atoms with E-state index in [-0.39, 0.29) is 10.8 Å². The quantitative estimate of drug-likeness (QED) is 0.840. The van der Waals surface area contributed by atoms with Crippen molar-refractivity contribution in [3.05, 3.63) is 18.2 Å². The van der Waals surface area contributed by atoms with Crippen molar-refractivity contribution in [3.8, 4) is 5.75 Å². The molecule has 3 atom stereocenters. The minimum atomic E-state index is -3.56. The molecule has 1 aromatic carbocycles. The molecular weight excluding hydrogens is 340 g/mol. The highest BCUT2D eigenvalue weighted by Crippen LogP contribution is 2.49. The van der Waals surface area contributed by atoms with Gasteiger partial charge >= 0.3 is 0 Å². The second kappa shape index (κ2) is 6.96. The van der Waals surface area contributed by atoms with Gasteiger partial charge in [-0.2, -0.15) is 0 Å². The Bertz CT molecular complexity index is 760. The van der Waals surface area contributed by atoms with E-state index in [1.807, 2.05) is 0 Å². The lowest BCUT2D eigenvalue weighted by atomic mass is 9.86. The van der Waals surface area contributed by atoms with E-state index in [1.165, 1.54) is 52.6 Å².